The highest BCUT2D eigenvalue weighted by Crippen LogP contribution is 2.21. The number of methoxy groups -OCH3 is 1. The number of hydrogen-bond acceptors (Lipinski definition) is 5. The van der Waals surface area contributed by atoms with Gasteiger partial charge < -0.3 is 15.1 Å². The first-order valence-electron chi connectivity index (χ1n) is 6.00. The second-order valence-corrected chi connectivity index (χ2v) is 4.13. The summed E-state index contributed by atoms with van der Waals surface area (Å²) in [6.45, 7) is 0. The maximum absolute atomic E-state index is 12.4. The molecule has 20 heavy (non-hydrogen) atoms. The van der Waals surface area contributed by atoms with Crippen molar-refractivity contribution in [3.63, 3.8) is 0 Å². The van der Waals surface area contributed by atoms with Crippen molar-refractivity contribution >= 4 is 17.3 Å². The Morgan fingerprint density at radius 2 is 2.00 bits per heavy atom. The first-order chi connectivity index (χ1) is 9.67. The molecule has 1 amide bonds. The number of benzene rings is 1. The number of aromatic nitrogens is 1. The summed E-state index contributed by atoms with van der Waals surface area (Å²) in [4.78, 5) is 17.9. The number of hydrogen-bond donors (Lipinski definition) is 2. The summed E-state index contributed by atoms with van der Waals surface area (Å²) in [5.41, 5.74) is 4.19. The van der Waals surface area contributed by atoms with E-state index in [1.807, 2.05) is 12.1 Å². The van der Waals surface area contributed by atoms with Gasteiger partial charge in [0.2, 0.25) is 0 Å². The topological polar surface area (TPSA) is 80.5 Å². The molecule has 0 radical (unpaired) electrons. The Balaban J connectivity index is 2.27. The second-order valence-electron chi connectivity index (χ2n) is 4.13. The van der Waals surface area contributed by atoms with E-state index in [2.05, 4.69) is 10.4 Å². The van der Waals surface area contributed by atoms with Crippen molar-refractivity contribution in [3.8, 4) is 5.75 Å². The highest BCUT2D eigenvalue weighted by molar-refractivity contribution is 6.09. The van der Waals surface area contributed by atoms with Crippen LogP contribution in [-0.2, 0) is 0 Å². The normalized spacial score (nSPS) is 9.95. The smallest absolute Gasteiger partial charge is 0.261 e. The van der Waals surface area contributed by atoms with E-state index in [-0.39, 0.29) is 5.91 Å². The fourth-order valence-electron chi connectivity index (χ4n) is 1.79. The van der Waals surface area contributed by atoms with Crippen LogP contribution < -0.4 is 20.9 Å². The molecule has 0 unspecified atom stereocenters. The molecule has 2 aromatic rings. The van der Waals surface area contributed by atoms with Crippen molar-refractivity contribution in [2.24, 2.45) is 5.84 Å². The van der Waals surface area contributed by atoms with Crippen LogP contribution in [-0.4, -0.2) is 25.0 Å². The van der Waals surface area contributed by atoms with E-state index in [9.17, 15) is 4.79 Å². The average molecular weight is 272 g/mol. The zero-order valence-electron chi connectivity index (χ0n) is 11.3. The summed E-state index contributed by atoms with van der Waals surface area (Å²) in [6.07, 6.45) is 3.05. The van der Waals surface area contributed by atoms with Gasteiger partial charge in [0.25, 0.3) is 5.91 Å². The van der Waals surface area contributed by atoms with E-state index >= 15 is 0 Å². The Morgan fingerprint density at radius 1 is 1.30 bits per heavy atom. The molecule has 6 heteroatoms. The lowest BCUT2D eigenvalue weighted by Crippen LogP contribution is -2.27. The molecule has 0 atom stereocenters. The van der Waals surface area contributed by atoms with Gasteiger partial charge in [-0.05, 0) is 30.3 Å². The number of amides is 1. The maximum Gasteiger partial charge on any atom is 0.261 e. The number of carbonyl (C=O) groups is 1. The number of nitrogens with zero attached hydrogens (tertiary/aromatic N) is 2. The number of rotatable bonds is 4. The second kappa shape index (κ2) is 6.03. The molecule has 1 aromatic carbocycles. The summed E-state index contributed by atoms with van der Waals surface area (Å²) >= 11 is 0. The molecule has 0 spiro atoms. The Bertz CT molecular complexity index is 598. The molecular formula is C14H16N4O2. The third-order valence-corrected chi connectivity index (χ3v) is 2.97. The molecule has 1 heterocycles. The van der Waals surface area contributed by atoms with E-state index in [0.717, 1.165) is 11.4 Å². The van der Waals surface area contributed by atoms with Crippen LogP contribution in [0.15, 0.2) is 42.7 Å². The molecule has 0 aliphatic rings. The molecule has 3 N–H and O–H groups in total. The van der Waals surface area contributed by atoms with Crippen LogP contribution in [0.2, 0.25) is 0 Å². The van der Waals surface area contributed by atoms with Gasteiger partial charge in [-0.3, -0.25) is 15.6 Å². The van der Waals surface area contributed by atoms with E-state index < -0.39 is 0 Å². The quantitative estimate of drug-likeness (QED) is 0.653. The van der Waals surface area contributed by atoms with E-state index in [1.54, 1.807) is 38.6 Å². The first kappa shape index (κ1) is 13.8. The lowest BCUT2D eigenvalue weighted by Gasteiger charge is -2.19. The number of nitrogens with two attached hydrogens (primary N) is 1. The molecule has 0 aliphatic heterocycles. The molecule has 0 aliphatic carbocycles. The molecule has 1 aromatic heterocycles. The van der Waals surface area contributed by atoms with E-state index in [4.69, 9.17) is 10.6 Å². The summed E-state index contributed by atoms with van der Waals surface area (Å²) in [6, 6.07) is 8.86. The van der Waals surface area contributed by atoms with Crippen LogP contribution in [0.1, 0.15) is 10.4 Å². The van der Waals surface area contributed by atoms with Crippen molar-refractivity contribution in [3.05, 3.63) is 48.3 Å². The van der Waals surface area contributed by atoms with Gasteiger partial charge in [0.15, 0.2) is 0 Å². The van der Waals surface area contributed by atoms with Gasteiger partial charge in [0.1, 0.15) is 5.75 Å². The average Bonchev–Trinajstić information content (AvgIpc) is 2.53. The van der Waals surface area contributed by atoms with Gasteiger partial charge >= 0.3 is 0 Å². The highest BCUT2D eigenvalue weighted by Gasteiger charge is 2.17. The van der Waals surface area contributed by atoms with E-state index in [1.165, 1.54) is 11.1 Å². The molecule has 6 nitrogen and oxygen atoms in total. The minimum absolute atomic E-state index is 0.198. The van der Waals surface area contributed by atoms with E-state index in [0.29, 0.717) is 11.3 Å². The summed E-state index contributed by atoms with van der Waals surface area (Å²) in [5.74, 6) is 5.94. The number of carbonyl (C=O) groups excluding carboxylic acids is 1. The van der Waals surface area contributed by atoms with Crippen LogP contribution in [0.5, 0.6) is 5.75 Å². The number of pyridine rings is 1. The highest BCUT2D eigenvalue weighted by atomic mass is 16.5. The molecule has 2 rings (SSSR count). The van der Waals surface area contributed by atoms with Crippen molar-refractivity contribution in [2.75, 3.05) is 24.5 Å². The third-order valence-electron chi connectivity index (χ3n) is 2.97. The summed E-state index contributed by atoms with van der Waals surface area (Å²) in [7, 11) is 3.29. The van der Waals surface area contributed by atoms with Gasteiger partial charge in [-0.15, -0.1) is 0 Å². The van der Waals surface area contributed by atoms with Gasteiger partial charge in [0, 0.05) is 25.1 Å². The number of anilines is 2. The zero-order valence-corrected chi connectivity index (χ0v) is 11.3. The zero-order chi connectivity index (χ0) is 14.5. The number of nitrogens with one attached hydrogen (secondary N) is 1. The fourth-order valence-corrected chi connectivity index (χ4v) is 1.79. The lowest BCUT2D eigenvalue weighted by atomic mass is 10.2. The standard InChI is InChI=1S/C14H16N4O2/c1-18(10-3-5-11(20-2)6-4-10)14(19)12-9-16-8-7-13(12)17-15/h3-9H,15H2,1-2H3,(H,16,17). The summed E-state index contributed by atoms with van der Waals surface area (Å²) < 4.78 is 5.09. The Labute approximate surface area is 117 Å². The number of ether oxygens (including phenoxy) is 1. The summed E-state index contributed by atoms with van der Waals surface area (Å²) in [5, 5.41) is 0. The Morgan fingerprint density at radius 3 is 2.60 bits per heavy atom. The molecular weight excluding hydrogens is 256 g/mol. The fraction of sp³-hybridized carbons (Fsp3) is 0.143. The lowest BCUT2D eigenvalue weighted by molar-refractivity contribution is 0.0993. The molecule has 104 valence electrons. The predicted molar refractivity (Wildman–Crippen MR) is 77.8 cm³/mol. The van der Waals surface area contributed by atoms with Gasteiger partial charge in [-0.1, -0.05) is 0 Å². The molecule has 0 fully saturated rings. The maximum atomic E-state index is 12.4. The van der Waals surface area contributed by atoms with Crippen molar-refractivity contribution in [1.82, 2.24) is 4.98 Å². The largest absolute Gasteiger partial charge is 0.497 e. The minimum atomic E-state index is -0.198. The van der Waals surface area contributed by atoms with Gasteiger partial charge in [-0.2, -0.15) is 0 Å². The van der Waals surface area contributed by atoms with Crippen LogP contribution in [0, 0.1) is 0 Å². The Hall–Kier alpha value is -2.60. The Kier molecular flexibility index (Phi) is 4.17. The van der Waals surface area contributed by atoms with Gasteiger partial charge in [-0.25, -0.2) is 0 Å². The monoisotopic (exact) mass is 272 g/mol. The third kappa shape index (κ3) is 2.70. The van der Waals surface area contributed by atoms with Crippen molar-refractivity contribution < 1.29 is 9.53 Å². The number of hydrazine groups is 1. The minimum Gasteiger partial charge on any atom is -0.497 e. The molecule has 0 saturated carbocycles. The molecule has 0 bridgehead atoms. The van der Waals surface area contributed by atoms with Crippen LogP contribution in [0.3, 0.4) is 0 Å². The van der Waals surface area contributed by atoms with Gasteiger partial charge in [0.05, 0.1) is 18.4 Å². The predicted octanol–water partition coefficient (Wildman–Crippen LogP) is 1.65. The number of nitrogen functional groups attached to an aromatic ring is 1. The molecule has 0 saturated heterocycles. The first-order valence-corrected chi connectivity index (χ1v) is 6.00. The van der Waals surface area contributed by atoms with Crippen LogP contribution in [0.4, 0.5) is 11.4 Å². The van der Waals surface area contributed by atoms with Crippen LogP contribution in [0.25, 0.3) is 0 Å². The SMILES string of the molecule is COc1ccc(N(C)C(=O)c2cnccc2NN)cc1. The van der Waals surface area contributed by atoms with Crippen molar-refractivity contribution in [2.45, 2.75) is 0 Å². The van der Waals surface area contributed by atoms with Crippen molar-refractivity contribution in [1.29, 1.82) is 0 Å². The van der Waals surface area contributed by atoms with Crippen LogP contribution >= 0.6 is 0 Å².